The molecule has 1 aromatic heterocycles. The molecule has 18 heavy (non-hydrogen) atoms. The Kier molecular flexibility index (Phi) is 2.84. The topological polar surface area (TPSA) is 63.8 Å². The third kappa shape index (κ3) is 2.27. The van der Waals surface area contributed by atoms with Crippen molar-refractivity contribution in [2.24, 2.45) is 0 Å². The van der Waals surface area contributed by atoms with Crippen LogP contribution in [-0.4, -0.2) is 9.97 Å². The molecule has 0 atom stereocenters. The number of nitrogens with two attached hydrogens (primary N) is 1. The lowest BCUT2D eigenvalue weighted by atomic mass is 9.81. The number of rotatable bonds is 3. The van der Waals surface area contributed by atoms with Crippen LogP contribution >= 0.6 is 0 Å². The van der Waals surface area contributed by atoms with Crippen LogP contribution in [0.25, 0.3) is 0 Å². The largest absolute Gasteiger partial charge is 0.399 e. The zero-order valence-corrected chi connectivity index (χ0v) is 10.1. The van der Waals surface area contributed by atoms with Crippen molar-refractivity contribution >= 4 is 17.3 Å². The first-order chi connectivity index (χ1) is 8.81. The van der Waals surface area contributed by atoms with Gasteiger partial charge in [0, 0.05) is 23.8 Å². The van der Waals surface area contributed by atoms with E-state index in [-0.39, 0.29) is 0 Å². The van der Waals surface area contributed by atoms with E-state index in [1.807, 2.05) is 36.7 Å². The van der Waals surface area contributed by atoms with E-state index < -0.39 is 0 Å². The molecule has 4 nitrogen and oxygen atoms in total. The molecule has 1 heterocycles. The summed E-state index contributed by atoms with van der Waals surface area (Å²) in [5, 5.41) is 3.16. The van der Waals surface area contributed by atoms with Crippen LogP contribution in [0.5, 0.6) is 0 Å². The minimum Gasteiger partial charge on any atom is -0.399 e. The Labute approximate surface area is 106 Å². The summed E-state index contributed by atoms with van der Waals surface area (Å²) in [5.74, 6) is 1.30. The molecule has 92 valence electrons. The first-order valence-electron chi connectivity index (χ1n) is 6.26. The Morgan fingerprint density at radius 3 is 2.28 bits per heavy atom. The summed E-state index contributed by atoms with van der Waals surface area (Å²) in [6.45, 7) is 0. The fourth-order valence-corrected chi connectivity index (χ4v) is 2.05. The number of anilines is 3. The van der Waals surface area contributed by atoms with Gasteiger partial charge < -0.3 is 11.1 Å². The van der Waals surface area contributed by atoms with E-state index in [0.29, 0.717) is 11.9 Å². The van der Waals surface area contributed by atoms with E-state index in [2.05, 4.69) is 15.3 Å². The van der Waals surface area contributed by atoms with Crippen LogP contribution in [0.2, 0.25) is 0 Å². The second-order valence-electron chi connectivity index (χ2n) is 4.71. The van der Waals surface area contributed by atoms with Gasteiger partial charge in [-0.05, 0) is 48.6 Å². The van der Waals surface area contributed by atoms with Gasteiger partial charge in [0.25, 0.3) is 0 Å². The van der Waals surface area contributed by atoms with Crippen LogP contribution in [0.4, 0.5) is 17.3 Å². The van der Waals surface area contributed by atoms with Crippen LogP contribution in [0, 0.1) is 0 Å². The first kappa shape index (κ1) is 11.0. The third-order valence-electron chi connectivity index (χ3n) is 3.42. The second kappa shape index (κ2) is 4.64. The van der Waals surface area contributed by atoms with E-state index in [0.717, 1.165) is 11.4 Å². The fourth-order valence-electron chi connectivity index (χ4n) is 2.05. The lowest BCUT2D eigenvalue weighted by Gasteiger charge is -2.24. The van der Waals surface area contributed by atoms with Crippen molar-refractivity contribution in [1.29, 1.82) is 0 Å². The average molecular weight is 240 g/mol. The number of nitrogen functional groups attached to an aromatic ring is 1. The van der Waals surface area contributed by atoms with E-state index in [4.69, 9.17) is 5.73 Å². The molecule has 3 N–H and O–H groups in total. The number of aromatic nitrogens is 2. The van der Waals surface area contributed by atoms with Crippen molar-refractivity contribution in [2.45, 2.75) is 25.2 Å². The number of benzene rings is 1. The van der Waals surface area contributed by atoms with E-state index in [9.17, 15) is 0 Å². The fraction of sp³-hybridized carbons (Fsp3) is 0.286. The van der Waals surface area contributed by atoms with Gasteiger partial charge in [-0.1, -0.05) is 6.42 Å². The van der Waals surface area contributed by atoms with Crippen LogP contribution in [0.3, 0.4) is 0 Å². The zero-order valence-electron chi connectivity index (χ0n) is 10.1. The number of nitrogens with one attached hydrogen (secondary N) is 1. The van der Waals surface area contributed by atoms with Crippen molar-refractivity contribution < 1.29 is 0 Å². The van der Waals surface area contributed by atoms with Gasteiger partial charge >= 0.3 is 0 Å². The Balaban J connectivity index is 1.70. The zero-order chi connectivity index (χ0) is 12.4. The summed E-state index contributed by atoms with van der Waals surface area (Å²) in [6, 6.07) is 7.53. The summed E-state index contributed by atoms with van der Waals surface area (Å²) in [7, 11) is 0. The number of hydrogen-bond donors (Lipinski definition) is 2. The van der Waals surface area contributed by atoms with E-state index in [1.165, 1.54) is 24.8 Å². The van der Waals surface area contributed by atoms with Crippen molar-refractivity contribution in [1.82, 2.24) is 9.97 Å². The van der Waals surface area contributed by atoms with Crippen LogP contribution in [0.1, 0.15) is 30.7 Å². The molecule has 1 aromatic carbocycles. The van der Waals surface area contributed by atoms with Gasteiger partial charge in [-0.25, -0.2) is 9.97 Å². The Morgan fingerprint density at radius 2 is 1.72 bits per heavy atom. The summed E-state index contributed by atoms with van der Waals surface area (Å²) in [4.78, 5) is 8.69. The maximum atomic E-state index is 5.64. The molecule has 1 aliphatic rings. The van der Waals surface area contributed by atoms with Crippen molar-refractivity contribution in [3.63, 3.8) is 0 Å². The monoisotopic (exact) mass is 240 g/mol. The molecule has 0 radical (unpaired) electrons. The molecule has 1 saturated carbocycles. The second-order valence-corrected chi connectivity index (χ2v) is 4.71. The van der Waals surface area contributed by atoms with Gasteiger partial charge in [0.1, 0.15) is 0 Å². The third-order valence-corrected chi connectivity index (χ3v) is 3.42. The molecule has 4 heteroatoms. The highest BCUT2D eigenvalue weighted by Gasteiger charge is 2.19. The van der Waals surface area contributed by atoms with Crippen molar-refractivity contribution in [2.75, 3.05) is 11.1 Å². The van der Waals surface area contributed by atoms with Crippen LogP contribution in [-0.2, 0) is 0 Å². The van der Waals surface area contributed by atoms with E-state index >= 15 is 0 Å². The van der Waals surface area contributed by atoms with Gasteiger partial charge in [0.2, 0.25) is 5.95 Å². The quantitative estimate of drug-likeness (QED) is 0.809. The lowest BCUT2D eigenvalue weighted by molar-refractivity contribution is 0.418. The maximum absolute atomic E-state index is 5.64. The highest BCUT2D eigenvalue weighted by Crippen LogP contribution is 2.35. The minimum absolute atomic E-state index is 0.628. The molecule has 0 bridgehead atoms. The van der Waals surface area contributed by atoms with Gasteiger partial charge in [0.05, 0.1) is 0 Å². The molecule has 2 aromatic rings. The highest BCUT2D eigenvalue weighted by molar-refractivity contribution is 5.56. The SMILES string of the molecule is Nc1ccc(Nc2ncc(C3CCC3)cn2)cc1. The molecular formula is C14H16N4. The lowest BCUT2D eigenvalue weighted by Crippen LogP contribution is -2.10. The number of nitrogens with zero attached hydrogens (tertiary/aromatic N) is 2. The Morgan fingerprint density at radius 1 is 1.06 bits per heavy atom. The smallest absolute Gasteiger partial charge is 0.227 e. The normalized spacial score (nSPS) is 15.1. The van der Waals surface area contributed by atoms with E-state index in [1.54, 1.807) is 0 Å². The maximum Gasteiger partial charge on any atom is 0.227 e. The molecule has 1 fully saturated rings. The predicted molar refractivity (Wildman–Crippen MR) is 72.8 cm³/mol. The molecule has 0 saturated heterocycles. The Bertz CT molecular complexity index is 514. The van der Waals surface area contributed by atoms with Gasteiger partial charge in [-0.3, -0.25) is 0 Å². The Hall–Kier alpha value is -2.10. The molecule has 0 aliphatic heterocycles. The summed E-state index contributed by atoms with van der Waals surface area (Å²) >= 11 is 0. The number of hydrogen-bond acceptors (Lipinski definition) is 4. The summed E-state index contributed by atoms with van der Waals surface area (Å²) < 4.78 is 0. The average Bonchev–Trinajstić information content (AvgIpc) is 2.32. The summed E-state index contributed by atoms with van der Waals surface area (Å²) in [6.07, 6.45) is 7.73. The van der Waals surface area contributed by atoms with Gasteiger partial charge in [-0.2, -0.15) is 0 Å². The molecule has 1 aliphatic carbocycles. The molecular weight excluding hydrogens is 224 g/mol. The standard InChI is InChI=1S/C14H16N4/c15-12-4-6-13(7-5-12)18-14-16-8-11(9-17-14)10-2-1-3-10/h4-10H,1-3,15H2,(H,16,17,18). The van der Waals surface area contributed by atoms with Crippen LogP contribution in [0.15, 0.2) is 36.7 Å². The first-order valence-corrected chi connectivity index (χ1v) is 6.26. The predicted octanol–water partition coefficient (Wildman–Crippen LogP) is 3.07. The summed E-state index contributed by atoms with van der Waals surface area (Å²) in [5.41, 5.74) is 8.59. The molecule has 0 unspecified atom stereocenters. The van der Waals surface area contributed by atoms with Crippen molar-refractivity contribution in [3.05, 3.63) is 42.2 Å². The molecule has 0 spiro atoms. The van der Waals surface area contributed by atoms with Crippen LogP contribution < -0.4 is 11.1 Å². The highest BCUT2D eigenvalue weighted by atomic mass is 15.1. The van der Waals surface area contributed by atoms with Crippen molar-refractivity contribution in [3.8, 4) is 0 Å². The van der Waals surface area contributed by atoms with Gasteiger partial charge in [0.15, 0.2) is 0 Å². The van der Waals surface area contributed by atoms with Gasteiger partial charge in [-0.15, -0.1) is 0 Å². The molecule has 0 amide bonds. The minimum atomic E-state index is 0.628. The molecule has 3 rings (SSSR count).